The van der Waals surface area contributed by atoms with Crippen LogP contribution in [0.2, 0.25) is 0 Å². The van der Waals surface area contributed by atoms with Crippen LogP contribution in [0.1, 0.15) is 50.0 Å². The Hall–Kier alpha value is -1.39. The number of amides is 1. The van der Waals surface area contributed by atoms with E-state index in [4.69, 9.17) is 0 Å². The Balaban J connectivity index is 2.57. The summed E-state index contributed by atoms with van der Waals surface area (Å²) in [7, 11) is 4.07. The van der Waals surface area contributed by atoms with Crippen LogP contribution in [0.3, 0.4) is 0 Å². The fourth-order valence-electron chi connectivity index (χ4n) is 2.59. The van der Waals surface area contributed by atoms with Crippen molar-refractivity contribution in [2.45, 2.75) is 52.2 Å². The molecule has 0 heterocycles. The minimum absolute atomic E-state index is 0.0356. The van der Waals surface area contributed by atoms with Gasteiger partial charge < -0.3 is 15.3 Å². The van der Waals surface area contributed by atoms with Gasteiger partial charge in [-0.15, -0.1) is 0 Å². The maximum Gasteiger partial charge on any atom is 0.251 e. The molecule has 0 spiro atoms. The molecule has 0 aromatic heterocycles. The Bertz CT molecular complexity index is 479. The standard InChI is InChI=1S/C19H32N2O2/c1-14(2)17(21(5)6)13-20-18(22)16-9-7-15(8-10-16)11-12-19(3,4)23/h7-10,14,17,23H,11-13H2,1-6H3,(H,20,22)/t17-/m1/s1. The third-order valence-corrected chi connectivity index (χ3v) is 4.15. The molecule has 1 rings (SSSR count). The fraction of sp³-hybridized carbons (Fsp3) is 0.632. The zero-order chi connectivity index (χ0) is 17.6. The number of hydrogen-bond donors (Lipinski definition) is 2. The smallest absolute Gasteiger partial charge is 0.251 e. The molecule has 2 N–H and O–H groups in total. The molecule has 130 valence electrons. The van der Waals surface area contributed by atoms with E-state index in [1.165, 1.54) is 0 Å². The molecule has 4 heteroatoms. The number of carbonyl (C=O) groups excluding carboxylic acids is 1. The molecule has 0 aliphatic rings. The van der Waals surface area contributed by atoms with Crippen LogP contribution in [0, 0.1) is 5.92 Å². The van der Waals surface area contributed by atoms with E-state index >= 15 is 0 Å². The number of aliphatic hydroxyl groups is 1. The highest BCUT2D eigenvalue weighted by Crippen LogP contribution is 2.14. The summed E-state index contributed by atoms with van der Waals surface area (Å²) in [6, 6.07) is 7.97. The Morgan fingerprint density at radius 1 is 1.22 bits per heavy atom. The van der Waals surface area contributed by atoms with Crippen molar-refractivity contribution in [2.24, 2.45) is 5.92 Å². The van der Waals surface area contributed by atoms with Crippen LogP contribution in [0.4, 0.5) is 0 Å². The lowest BCUT2D eigenvalue weighted by molar-refractivity contribution is 0.0713. The van der Waals surface area contributed by atoms with Crippen LogP contribution in [0.25, 0.3) is 0 Å². The number of nitrogens with zero attached hydrogens (tertiary/aromatic N) is 1. The molecule has 0 unspecified atom stereocenters. The van der Waals surface area contributed by atoms with Gasteiger partial charge >= 0.3 is 0 Å². The van der Waals surface area contributed by atoms with E-state index in [-0.39, 0.29) is 5.91 Å². The van der Waals surface area contributed by atoms with Crippen molar-refractivity contribution in [2.75, 3.05) is 20.6 Å². The molecule has 0 aliphatic carbocycles. The van der Waals surface area contributed by atoms with Gasteiger partial charge in [-0.2, -0.15) is 0 Å². The van der Waals surface area contributed by atoms with Gasteiger partial charge in [-0.25, -0.2) is 0 Å². The first kappa shape index (κ1) is 19.7. The molecule has 0 radical (unpaired) electrons. The van der Waals surface area contributed by atoms with Gasteiger partial charge in [0, 0.05) is 18.2 Å². The van der Waals surface area contributed by atoms with Crippen molar-refractivity contribution >= 4 is 5.91 Å². The molecular formula is C19H32N2O2. The highest BCUT2D eigenvalue weighted by Gasteiger charge is 2.17. The van der Waals surface area contributed by atoms with Crippen molar-refractivity contribution in [3.63, 3.8) is 0 Å². The van der Waals surface area contributed by atoms with Gasteiger partial charge in [-0.05, 0) is 64.4 Å². The monoisotopic (exact) mass is 320 g/mol. The second kappa shape index (κ2) is 8.46. The van der Waals surface area contributed by atoms with E-state index in [1.54, 1.807) is 0 Å². The van der Waals surface area contributed by atoms with E-state index < -0.39 is 5.60 Å². The van der Waals surface area contributed by atoms with Crippen LogP contribution in [-0.2, 0) is 6.42 Å². The molecule has 0 fully saturated rings. The van der Waals surface area contributed by atoms with Crippen molar-refractivity contribution in [3.05, 3.63) is 35.4 Å². The number of benzene rings is 1. The molecule has 4 nitrogen and oxygen atoms in total. The lowest BCUT2D eigenvalue weighted by Gasteiger charge is -2.28. The van der Waals surface area contributed by atoms with Crippen molar-refractivity contribution in [1.29, 1.82) is 0 Å². The Morgan fingerprint density at radius 3 is 2.22 bits per heavy atom. The number of nitrogens with one attached hydrogen (secondary N) is 1. The van der Waals surface area contributed by atoms with E-state index in [1.807, 2.05) is 52.2 Å². The van der Waals surface area contributed by atoms with Gasteiger partial charge in [0.2, 0.25) is 0 Å². The molecule has 23 heavy (non-hydrogen) atoms. The highest BCUT2D eigenvalue weighted by molar-refractivity contribution is 5.94. The Morgan fingerprint density at radius 2 is 1.78 bits per heavy atom. The van der Waals surface area contributed by atoms with Crippen LogP contribution in [-0.4, -0.2) is 48.2 Å². The third kappa shape index (κ3) is 7.14. The fourth-order valence-corrected chi connectivity index (χ4v) is 2.59. The zero-order valence-corrected chi connectivity index (χ0v) is 15.4. The normalized spacial score (nSPS) is 13.4. The summed E-state index contributed by atoms with van der Waals surface area (Å²) in [4.78, 5) is 14.4. The summed E-state index contributed by atoms with van der Waals surface area (Å²) < 4.78 is 0. The minimum atomic E-state index is -0.659. The predicted octanol–water partition coefficient (Wildman–Crippen LogP) is 2.71. The molecule has 0 aliphatic heterocycles. The first-order valence-corrected chi connectivity index (χ1v) is 8.36. The summed E-state index contributed by atoms with van der Waals surface area (Å²) in [6.07, 6.45) is 1.51. The lowest BCUT2D eigenvalue weighted by atomic mass is 9.98. The second-order valence-corrected chi connectivity index (χ2v) is 7.49. The molecule has 1 atom stereocenters. The Labute approximate surface area is 140 Å². The first-order chi connectivity index (χ1) is 10.6. The van der Waals surface area contributed by atoms with Crippen molar-refractivity contribution < 1.29 is 9.90 Å². The van der Waals surface area contributed by atoms with Gasteiger partial charge in [-0.1, -0.05) is 26.0 Å². The second-order valence-electron chi connectivity index (χ2n) is 7.49. The van der Waals surface area contributed by atoms with Gasteiger partial charge in [0.25, 0.3) is 5.91 Å². The van der Waals surface area contributed by atoms with E-state index in [0.717, 1.165) is 12.0 Å². The topological polar surface area (TPSA) is 52.6 Å². The van der Waals surface area contributed by atoms with Gasteiger partial charge in [0.15, 0.2) is 0 Å². The molecule has 1 amide bonds. The van der Waals surface area contributed by atoms with E-state index in [0.29, 0.717) is 30.5 Å². The molecule has 0 saturated carbocycles. The largest absolute Gasteiger partial charge is 0.390 e. The van der Waals surface area contributed by atoms with Crippen LogP contribution in [0.5, 0.6) is 0 Å². The first-order valence-electron chi connectivity index (χ1n) is 8.36. The minimum Gasteiger partial charge on any atom is -0.390 e. The maximum atomic E-state index is 12.3. The predicted molar refractivity (Wildman–Crippen MR) is 95.7 cm³/mol. The number of rotatable bonds is 8. The Kier molecular flexibility index (Phi) is 7.23. The van der Waals surface area contributed by atoms with Gasteiger partial charge in [0.1, 0.15) is 0 Å². The summed E-state index contributed by atoms with van der Waals surface area (Å²) in [5.41, 5.74) is 1.16. The van der Waals surface area contributed by atoms with Gasteiger partial charge in [-0.3, -0.25) is 4.79 Å². The highest BCUT2D eigenvalue weighted by atomic mass is 16.3. The molecule has 1 aromatic rings. The van der Waals surface area contributed by atoms with Crippen molar-refractivity contribution in [3.8, 4) is 0 Å². The zero-order valence-electron chi connectivity index (χ0n) is 15.4. The molecular weight excluding hydrogens is 288 g/mol. The number of carbonyl (C=O) groups is 1. The number of hydrogen-bond acceptors (Lipinski definition) is 3. The average Bonchev–Trinajstić information content (AvgIpc) is 2.44. The number of aryl methyl sites for hydroxylation is 1. The summed E-state index contributed by atoms with van der Waals surface area (Å²) in [5, 5.41) is 12.8. The van der Waals surface area contributed by atoms with Crippen LogP contribution < -0.4 is 5.32 Å². The summed E-state index contributed by atoms with van der Waals surface area (Å²) in [6.45, 7) is 8.59. The third-order valence-electron chi connectivity index (χ3n) is 4.15. The molecule has 1 aromatic carbocycles. The molecule has 0 saturated heterocycles. The van der Waals surface area contributed by atoms with Gasteiger partial charge in [0.05, 0.1) is 5.60 Å². The maximum absolute atomic E-state index is 12.3. The van der Waals surface area contributed by atoms with E-state index in [9.17, 15) is 9.90 Å². The average molecular weight is 320 g/mol. The van der Waals surface area contributed by atoms with E-state index in [2.05, 4.69) is 24.1 Å². The SMILES string of the molecule is CC(C)[C@@H](CNC(=O)c1ccc(CCC(C)(C)O)cc1)N(C)C. The van der Waals surface area contributed by atoms with Crippen LogP contribution >= 0.6 is 0 Å². The summed E-state index contributed by atoms with van der Waals surface area (Å²) >= 11 is 0. The molecule has 0 bridgehead atoms. The quantitative estimate of drug-likeness (QED) is 0.774. The van der Waals surface area contributed by atoms with Crippen LogP contribution in [0.15, 0.2) is 24.3 Å². The van der Waals surface area contributed by atoms with Crippen molar-refractivity contribution in [1.82, 2.24) is 10.2 Å². The number of likely N-dealkylation sites (N-methyl/N-ethyl adjacent to an activating group) is 1. The lowest BCUT2D eigenvalue weighted by Crippen LogP contribution is -2.43. The summed E-state index contributed by atoms with van der Waals surface area (Å²) in [5.74, 6) is 0.445.